The smallest absolute Gasteiger partial charge is 0.350 e. The summed E-state index contributed by atoms with van der Waals surface area (Å²) in [5.74, 6) is -0.185. The summed E-state index contributed by atoms with van der Waals surface area (Å²) in [6.07, 6.45) is 0. The minimum atomic E-state index is -0.356. The Kier molecular flexibility index (Phi) is 4.70. The highest BCUT2D eigenvalue weighted by molar-refractivity contribution is 7.17. The Morgan fingerprint density at radius 1 is 1.52 bits per heavy atom. The van der Waals surface area contributed by atoms with Crippen molar-refractivity contribution in [2.45, 2.75) is 20.4 Å². The molecule has 1 aromatic carbocycles. The summed E-state index contributed by atoms with van der Waals surface area (Å²) in [6.45, 7) is 7.63. The summed E-state index contributed by atoms with van der Waals surface area (Å²) in [5, 5.41) is 10.5. The van der Waals surface area contributed by atoms with Gasteiger partial charge in [-0.2, -0.15) is 0 Å². The summed E-state index contributed by atoms with van der Waals surface area (Å²) >= 11 is 1.28. The second-order valence-electron chi connectivity index (χ2n) is 4.38. The van der Waals surface area contributed by atoms with E-state index in [4.69, 9.17) is 4.74 Å². The van der Waals surface area contributed by atoms with E-state index in [1.807, 2.05) is 0 Å². The molecule has 110 valence electrons. The van der Waals surface area contributed by atoms with Crippen LogP contribution < -0.4 is 0 Å². The summed E-state index contributed by atoms with van der Waals surface area (Å²) in [4.78, 5) is 20.5. The van der Waals surface area contributed by atoms with Gasteiger partial charge in [0.15, 0.2) is 0 Å². The van der Waals surface area contributed by atoms with Gasteiger partial charge in [0, 0.05) is 11.1 Å². The Hall–Kier alpha value is -2.21. The number of phenols is 1. The summed E-state index contributed by atoms with van der Waals surface area (Å²) < 4.78 is 5.01. The third-order valence-corrected chi connectivity index (χ3v) is 4.05. The number of aromatic nitrogens is 1. The number of carbonyl (C=O) groups is 1. The largest absolute Gasteiger partial charge is 0.508 e. The zero-order valence-corrected chi connectivity index (χ0v) is 12.7. The van der Waals surface area contributed by atoms with Crippen molar-refractivity contribution in [2.75, 3.05) is 6.61 Å². The third kappa shape index (κ3) is 3.28. The molecule has 0 bridgehead atoms. The number of aliphatic imine (C=N–C) groups is 1. The molecule has 0 unspecified atom stereocenters. The number of hydrogen-bond donors (Lipinski definition) is 1. The third-order valence-electron chi connectivity index (χ3n) is 2.87. The van der Waals surface area contributed by atoms with Crippen LogP contribution in [0.1, 0.15) is 27.9 Å². The van der Waals surface area contributed by atoms with E-state index in [0.717, 1.165) is 5.56 Å². The molecule has 0 atom stereocenters. The van der Waals surface area contributed by atoms with Crippen molar-refractivity contribution in [3.63, 3.8) is 0 Å². The standard InChI is InChI=1S/C15H16N2O3S/c1-4-20-15(19)13-9(2)17-14(21-13)10-5-6-12(18)11(7-10)8-16-3/h5-7,18H,3-4,8H2,1-2H3. The lowest BCUT2D eigenvalue weighted by atomic mass is 10.1. The van der Waals surface area contributed by atoms with E-state index in [1.165, 1.54) is 11.3 Å². The van der Waals surface area contributed by atoms with Gasteiger partial charge in [-0.15, -0.1) is 11.3 Å². The molecule has 21 heavy (non-hydrogen) atoms. The van der Waals surface area contributed by atoms with Crippen LogP contribution in [0.15, 0.2) is 23.2 Å². The lowest BCUT2D eigenvalue weighted by Crippen LogP contribution is -2.03. The number of nitrogens with zero attached hydrogens (tertiary/aromatic N) is 2. The van der Waals surface area contributed by atoms with E-state index >= 15 is 0 Å². The first kappa shape index (κ1) is 15.2. The Labute approximate surface area is 127 Å². The van der Waals surface area contributed by atoms with E-state index < -0.39 is 0 Å². The fourth-order valence-corrected chi connectivity index (χ4v) is 2.83. The van der Waals surface area contributed by atoms with Gasteiger partial charge in [0.2, 0.25) is 0 Å². The molecule has 1 aromatic heterocycles. The van der Waals surface area contributed by atoms with Gasteiger partial charge in [-0.05, 0) is 38.8 Å². The van der Waals surface area contributed by atoms with Gasteiger partial charge in [0.25, 0.3) is 0 Å². The highest BCUT2D eigenvalue weighted by atomic mass is 32.1. The average Bonchev–Trinajstić information content (AvgIpc) is 2.84. The number of phenolic OH excluding ortho intramolecular Hbond substituents is 1. The number of thiazole rings is 1. The summed E-state index contributed by atoms with van der Waals surface area (Å²) in [7, 11) is 0. The SMILES string of the molecule is C=NCc1cc(-c2nc(C)c(C(=O)OCC)s2)ccc1O. The van der Waals surface area contributed by atoms with Gasteiger partial charge in [-0.1, -0.05) is 0 Å². The maximum absolute atomic E-state index is 11.8. The molecule has 0 spiro atoms. The van der Waals surface area contributed by atoms with E-state index in [9.17, 15) is 9.90 Å². The molecule has 1 heterocycles. The van der Waals surface area contributed by atoms with Crippen molar-refractivity contribution in [1.82, 2.24) is 4.98 Å². The fraction of sp³-hybridized carbons (Fsp3) is 0.267. The van der Waals surface area contributed by atoms with Gasteiger partial charge in [-0.3, -0.25) is 4.99 Å². The van der Waals surface area contributed by atoms with Crippen LogP contribution in [0, 0.1) is 6.92 Å². The molecular weight excluding hydrogens is 288 g/mol. The van der Waals surface area contributed by atoms with Crippen LogP contribution >= 0.6 is 11.3 Å². The summed E-state index contributed by atoms with van der Waals surface area (Å²) in [6, 6.07) is 5.16. The molecule has 1 N–H and O–H groups in total. The number of ether oxygens (including phenoxy) is 1. The predicted molar refractivity (Wildman–Crippen MR) is 83.2 cm³/mol. The molecule has 0 fully saturated rings. The second-order valence-corrected chi connectivity index (χ2v) is 5.38. The average molecular weight is 304 g/mol. The number of rotatable bonds is 5. The van der Waals surface area contributed by atoms with Gasteiger partial charge in [0.1, 0.15) is 15.6 Å². The maximum atomic E-state index is 11.8. The Morgan fingerprint density at radius 3 is 2.95 bits per heavy atom. The van der Waals surface area contributed by atoms with E-state index in [1.54, 1.807) is 32.0 Å². The van der Waals surface area contributed by atoms with Crippen molar-refractivity contribution in [3.05, 3.63) is 34.3 Å². The molecule has 0 aliphatic rings. The second kappa shape index (κ2) is 6.49. The zero-order chi connectivity index (χ0) is 15.4. The van der Waals surface area contributed by atoms with Crippen LogP contribution in [-0.2, 0) is 11.3 Å². The molecule has 0 radical (unpaired) electrons. The first-order chi connectivity index (χ1) is 10.1. The molecule has 5 nitrogen and oxygen atoms in total. The van der Waals surface area contributed by atoms with Gasteiger partial charge >= 0.3 is 5.97 Å². The molecule has 0 aliphatic carbocycles. The van der Waals surface area contributed by atoms with Crippen LogP contribution in [-0.4, -0.2) is 29.4 Å². The molecule has 0 saturated carbocycles. The van der Waals surface area contributed by atoms with Crippen molar-refractivity contribution in [1.29, 1.82) is 0 Å². The first-order valence-electron chi connectivity index (χ1n) is 6.46. The van der Waals surface area contributed by atoms with Crippen LogP contribution in [0.5, 0.6) is 5.75 Å². The van der Waals surface area contributed by atoms with Crippen molar-refractivity contribution in [2.24, 2.45) is 4.99 Å². The lowest BCUT2D eigenvalue weighted by Gasteiger charge is -2.03. The first-order valence-corrected chi connectivity index (χ1v) is 7.27. The minimum absolute atomic E-state index is 0.171. The Morgan fingerprint density at radius 2 is 2.29 bits per heavy atom. The van der Waals surface area contributed by atoms with E-state index in [2.05, 4.69) is 16.7 Å². The van der Waals surface area contributed by atoms with E-state index in [0.29, 0.717) is 34.3 Å². The minimum Gasteiger partial charge on any atom is -0.508 e. The molecule has 0 aliphatic heterocycles. The number of benzene rings is 1. The van der Waals surface area contributed by atoms with Crippen LogP contribution in [0.3, 0.4) is 0 Å². The molecule has 0 saturated heterocycles. The topological polar surface area (TPSA) is 71.8 Å². The summed E-state index contributed by atoms with van der Waals surface area (Å²) in [5.41, 5.74) is 2.15. The number of carbonyl (C=O) groups excluding carboxylic acids is 1. The van der Waals surface area contributed by atoms with Gasteiger partial charge in [-0.25, -0.2) is 9.78 Å². The quantitative estimate of drug-likeness (QED) is 0.680. The molecular formula is C15H16N2O3S. The maximum Gasteiger partial charge on any atom is 0.350 e. The van der Waals surface area contributed by atoms with Crippen LogP contribution in [0.2, 0.25) is 0 Å². The molecule has 2 rings (SSSR count). The Balaban J connectivity index is 2.39. The molecule has 2 aromatic rings. The Bertz CT molecular complexity index is 680. The molecule has 6 heteroatoms. The predicted octanol–water partition coefficient (Wildman–Crippen LogP) is 3.20. The molecule has 0 amide bonds. The number of esters is 1. The monoisotopic (exact) mass is 304 g/mol. The van der Waals surface area contributed by atoms with Crippen molar-refractivity contribution < 1.29 is 14.6 Å². The zero-order valence-electron chi connectivity index (χ0n) is 11.9. The fourth-order valence-electron chi connectivity index (χ4n) is 1.87. The van der Waals surface area contributed by atoms with Gasteiger partial charge in [0.05, 0.1) is 18.8 Å². The number of aromatic hydroxyl groups is 1. The highest BCUT2D eigenvalue weighted by Crippen LogP contribution is 2.31. The van der Waals surface area contributed by atoms with Crippen molar-refractivity contribution >= 4 is 24.0 Å². The number of hydrogen-bond acceptors (Lipinski definition) is 6. The van der Waals surface area contributed by atoms with Gasteiger partial charge < -0.3 is 9.84 Å². The van der Waals surface area contributed by atoms with Crippen LogP contribution in [0.4, 0.5) is 0 Å². The van der Waals surface area contributed by atoms with Crippen molar-refractivity contribution in [3.8, 4) is 16.3 Å². The number of aryl methyl sites for hydroxylation is 1. The lowest BCUT2D eigenvalue weighted by molar-refractivity contribution is 0.0531. The highest BCUT2D eigenvalue weighted by Gasteiger charge is 2.17. The normalized spacial score (nSPS) is 10.4. The van der Waals surface area contributed by atoms with Crippen LogP contribution in [0.25, 0.3) is 10.6 Å². The van der Waals surface area contributed by atoms with E-state index in [-0.39, 0.29) is 11.7 Å².